The predicted molar refractivity (Wildman–Crippen MR) is 111 cm³/mol. The Morgan fingerprint density at radius 2 is 1.77 bits per heavy atom. The van der Waals surface area contributed by atoms with E-state index in [-0.39, 0.29) is 12.5 Å². The number of fused-ring (bicyclic) bond motifs is 2. The minimum absolute atomic E-state index is 0.269. The van der Waals surface area contributed by atoms with Gasteiger partial charge < -0.3 is 28.4 Å². The number of nitrogens with zero attached hydrogens (tertiary/aromatic N) is 2. The summed E-state index contributed by atoms with van der Waals surface area (Å²) in [7, 11) is 0. The van der Waals surface area contributed by atoms with Gasteiger partial charge in [-0.3, -0.25) is 4.79 Å². The van der Waals surface area contributed by atoms with E-state index in [2.05, 4.69) is 21.0 Å². The van der Waals surface area contributed by atoms with E-state index in [4.69, 9.17) is 28.4 Å². The van der Waals surface area contributed by atoms with Crippen molar-refractivity contribution in [2.75, 3.05) is 6.61 Å². The second-order valence-electron chi connectivity index (χ2n) is 8.95. The van der Waals surface area contributed by atoms with Gasteiger partial charge in [0.15, 0.2) is 30.1 Å². The average Bonchev–Trinajstić information content (AvgIpc) is 3.38. The Balaban J connectivity index is 1.57. The van der Waals surface area contributed by atoms with Gasteiger partial charge in [-0.05, 0) is 52.0 Å². The van der Waals surface area contributed by atoms with Crippen LogP contribution in [0.4, 0.5) is 0 Å². The number of hydrogen-bond donors (Lipinski definition) is 0. The highest BCUT2D eigenvalue weighted by Crippen LogP contribution is 2.51. The highest BCUT2D eigenvalue weighted by atomic mass is 79.9. The minimum atomic E-state index is -1.40. The molecule has 0 unspecified atom stereocenters. The van der Waals surface area contributed by atoms with Crippen molar-refractivity contribution >= 4 is 27.7 Å². The van der Waals surface area contributed by atoms with Gasteiger partial charge in [0.05, 0.1) is 6.61 Å². The summed E-state index contributed by atoms with van der Waals surface area (Å²) >= 11 is 3.43. The van der Waals surface area contributed by atoms with Crippen LogP contribution in [0.5, 0.6) is 0 Å². The number of halogens is 1. The molecule has 4 heterocycles. The lowest BCUT2D eigenvalue weighted by atomic mass is 9.97. The van der Waals surface area contributed by atoms with Crippen molar-refractivity contribution in [2.24, 2.45) is 5.10 Å². The molecular weight excluding hydrogens is 472 g/mol. The highest BCUT2D eigenvalue weighted by Gasteiger charge is 2.74. The van der Waals surface area contributed by atoms with Crippen molar-refractivity contribution in [1.29, 1.82) is 0 Å². The first-order valence-electron chi connectivity index (χ1n) is 10.2. The third kappa shape index (κ3) is 3.40. The molecule has 1 aromatic carbocycles. The third-order valence-electron chi connectivity index (χ3n) is 5.69. The van der Waals surface area contributed by atoms with Gasteiger partial charge in [-0.2, -0.15) is 5.01 Å². The van der Waals surface area contributed by atoms with E-state index < -0.39 is 41.9 Å². The quantitative estimate of drug-likeness (QED) is 0.621. The molecule has 0 aliphatic carbocycles. The molecule has 1 amide bonds. The van der Waals surface area contributed by atoms with E-state index in [1.165, 1.54) is 11.9 Å². The number of benzene rings is 1. The van der Waals surface area contributed by atoms with Crippen molar-refractivity contribution in [3.05, 3.63) is 34.3 Å². The van der Waals surface area contributed by atoms with Crippen molar-refractivity contribution < 1.29 is 33.2 Å². The summed E-state index contributed by atoms with van der Waals surface area (Å²) in [5.74, 6) is -1.72. The predicted octanol–water partition coefficient (Wildman–Crippen LogP) is 2.71. The van der Waals surface area contributed by atoms with Crippen LogP contribution in [0.1, 0.15) is 40.2 Å². The Kier molecular flexibility index (Phi) is 4.79. The molecule has 1 aromatic rings. The summed E-state index contributed by atoms with van der Waals surface area (Å²) < 4.78 is 37.7. The van der Waals surface area contributed by atoms with Gasteiger partial charge in [-0.15, -0.1) is 5.10 Å². The normalized spacial score (nSPS) is 37.7. The van der Waals surface area contributed by atoms with E-state index in [0.717, 1.165) is 10.0 Å². The van der Waals surface area contributed by atoms with E-state index >= 15 is 0 Å². The molecule has 3 saturated heterocycles. The number of hydrazone groups is 1. The van der Waals surface area contributed by atoms with Gasteiger partial charge in [0, 0.05) is 17.0 Å². The molecule has 168 valence electrons. The van der Waals surface area contributed by atoms with Crippen molar-refractivity contribution in [3.63, 3.8) is 0 Å². The molecule has 4 aliphatic heterocycles. The van der Waals surface area contributed by atoms with Gasteiger partial charge in [-0.25, -0.2) is 0 Å². The van der Waals surface area contributed by atoms with Crippen LogP contribution in [0, 0.1) is 0 Å². The summed E-state index contributed by atoms with van der Waals surface area (Å²) in [6, 6.07) is 7.47. The fraction of sp³-hybridized carbons (Fsp3) is 0.619. The Morgan fingerprint density at radius 1 is 1.06 bits per heavy atom. The van der Waals surface area contributed by atoms with Crippen LogP contribution in [-0.2, 0) is 33.2 Å². The number of hydrogen-bond acceptors (Lipinski definition) is 8. The van der Waals surface area contributed by atoms with Crippen molar-refractivity contribution in [3.8, 4) is 0 Å². The molecular formula is C21H25BrN2O7. The molecule has 1 spiro atoms. The van der Waals surface area contributed by atoms with E-state index in [9.17, 15) is 4.79 Å². The van der Waals surface area contributed by atoms with Crippen LogP contribution in [0.15, 0.2) is 33.8 Å². The molecule has 0 bridgehead atoms. The zero-order valence-corrected chi connectivity index (χ0v) is 19.5. The van der Waals surface area contributed by atoms with E-state index in [0.29, 0.717) is 5.90 Å². The average molecular weight is 497 g/mol. The van der Waals surface area contributed by atoms with E-state index in [1.54, 1.807) is 13.8 Å². The lowest BCUT2D eigenvalue weighted by molar-refractivity contribution is -0.262. The number of carbonyl (C=O) groups excluding carboxylic acids is 1. The summed E-state index contributed by atoms with van der Waals surface area (Å²) in [5.41, 5.74) is -0.683. The molecule has 10 heteroatoms. The van der Waals surface area contributed by atoms with Crippen LogP contribution in [0.3, 0.4) is 0 Å². The molecule has 3 fully saturated rings. The fourth-order valence-electron chi connectivity index (χ4n) is 4.50. The van der Waals surface area contributed by atoms with Crippen molar-refractivity contribution in [1.82, 2.24) is 5.01 Å². The third-order valence-corrected chi connectivity index (χ3v) is 6.22. The molecule has 9 nitrogen and oxygen atoms in total. The monoisotopic (exact) mass is 496 g/mol. The standard InChI is InChI=1S/C21H25BrN2O7/c1-11(25)24-21(30-17(23-24)12-6-8-13(22)9-7-12)15(14-10-26-19(2,3)28-14)27-18-16(21)29-20(4,5)31-18/h6-9,14-16,18H,10H2,1-5H3/t14-,15+,16-,18+,21-/m0/s1. The minimum Gasteiger partial charge on any atom is -0.441 e. The van der Waals surface area contributed by atoms with Gasteiger partial charge >= 0.3 is 0 Å². The molecule has 5 rings (SSSR count). The maximum Gasteiger partial charge on any atom is 0.266 e. The molecule has 4 aliphatic rings. The lowest BCUT2D eigenvalue weighted by Gasteiger charge is -2.39. The van der Waals surface area contributed by atoms with Crippen LogP contribution in [-0.4, -0.2) is 65.3 Å². The zero-order valence-electron chi connectivity index (χ0n) is 18.0. The fourth-order valence-corrected chi connectivity index (χ4v) is 4.77. The zero-order chi connectivity index (χ0) is 22.2. The van der Waals surface area contributed by atoms with Crippen LogP contribution >= 0.6 is 15.9 Å². The van der Waals surface area contributed by atoms with Crippen molar-refractivity contribution in [2.45, 2.75) is 76.5 Å². The Labute approximate surface area is 188 Å². The molecule has 31 heavy (non-hydrogen) atoms. The molecule has 5 atom stereocenters. The summed E-state index contributed by atoms with van der Waals surface area (Å²) in [6.45, 7) is 8.94. The van der Waals surface area contributed by atoms with Gasteiger partial charge in [0.1, 0.15) is 6.10 Å². The Bertz CT molecular complexity index is 934. The van der Waals surface area contributed by atoms with Crippen LogP contribution < -0.4 is 0 Å². The van der Waals surface area contributed by atoms with Gasteiger partial charge in [-0.1, -0.05) is 15.9 Å². The number of carbonyl (C=O) groups is 1. The first-order valence-corrected chi connectivity index (χ1v) is 11.0. The first-order chi connectivity index (χ1) is 14.5. The maximum atomic E-state index is 12.8. The Hall–Kier alpha value is -1.56. The summed E-state index contributed by atoms with van der Waals surface area (Å²) in [4.78, 5) is 12.8. The van der Waals surface area contributed by atoms with Crippen LogP contribution in [0.2, 0.25) is 0 Å². The second-order valence-corrected chi connectivity index (χ2v) is 9.86. The maximum absolute atomic E-state index is 12.8. The van der Waals surface area contributed by atoms with Crippen LogP contribution in [0.25, 0.3) is 0 Å². The largest absolute Gasteiger partial charge is 0.441 e. The first kappa shape index (κ1) is 21.3. The number of amides is 1. The number of rotatable bonds is 2. The smallest absolute Gasteiger partial charge is 0.266 e. The number of ether oxygens (including phenoxy) is 6. The second kappa shape index (κ2) is 6.97. The Morgan fingerprint density at radius 3 is 2.39 bits per heavy atom. The molecule has 0 radical (unpaired) electrons. The molecule has 0 saturated carbocycles. The van der Waals surface area contributed by atoms with Gasteiger partial charge in [0.2, 0.25) is 11.8 Å². The summed E-state index contributed by atoms with van der Waals surface area (Å²) in [5, 5.41) is 5.84. The van der Waals surface area contributed by atoms with E-state index in [1.807, 2.05) is 38.1 Å². The SMILES string of the molecule is CC(=O)N1N=C(c2ccc(Br)cc2)O[C@]12[C@@H]([C@@H]1COC(C)(C)O1)O[C@@H]1OC(C)(C)O[C@@H]12. The summed E-state index contributed by atoms with van der Waals surface area (Å²) in [6.07, 6.45) is -2.76. The molecule has 0 aromatic heterocycles. The lowest BCUT2D eigenvalue weighted by Crippen LogP contribution is -2.63. The highest BCUT2D eigenvalue weighted by molar-refractivity contribution is 9.10. The van der Waals surface area contributed by atoms with Gasteiger partial charge in [0.25, 0.3) is 5.72 Å². The molecule has 0 N–H and O–H groups in total. The topological polar surface area (TPSA) is 88.1 Å².